The van der Waals surface area contributed by atoms with E-state index in [9.17, 15) is 0 Å². The number of hydrogen-bond acceptors (Lipinski definition) is 2. The van der Waals surface area contributed by atoms with Crippen LogP contribution in [0.15, 0.2) is 24.4 Å². The fourth-order valence-electron chi connectivity index (χ4n) is 1.29. The standard InChI is InChI=1S/C9H10N2O/c1-7-8-5-3-4-6-11(8)10-9(7)12-2/h3-6H,1-2H3. The summed E-state index contributed by atoms with van der Waals surface area (Å²) in [6, 6.07) is 5.95. The lowest BCUT2D eigenvalue weighted by molar-refractivity contribution is 0.392. The predicted octanol–water partition coefficient (Wildman–Crippen LogP) is 1.65. The van der Waals surface area contributed by atoms with Gasteiger partial charge in [0.25, 0.3) is 0 Å². The number of aryl methyl sites for hydroxylation is 1. The molecule has 12 heavy (non-hydrogen) atoms. The molecule has 0 atom stereocenters. The Bertz CT molecular complexity index is 406. The van der Waals surface area contributed by atoms with Gasteiger partial charge in [0.05, 0.1) is 12.6 Å². The lowest BCUT2D eigenvalue weighted by Gasteiger charge is -1.91. The fraction of sp³-hybridized carbons (Fsp3) is 0.222. The van der Waals surface area contributed by atoms with E-state index < -0.39 is 0 Å². The smallest absolute Gasteiger partial charge is 0.236 e. The van der Waals surface area contributed by atoms with Crippen molar-refractivity contribution in [1.82, 2.24) is 9.61 Å². The molecular weight excluding hydrogens is 152 g/mol. The lowest BCUT2D eigenvalue weighted by Crippen LogP contribution is -1.86. The van der Waals surface area contributed by atoms with E-state index in [4.69, 9.17) is 4.74 Å². The van der Waals surface area contributed by atoms with Crippen LogP contribution >= 0.6 is 0 Å². The van der Waals surface area contributed by atoms with E-state index in [2.05, 4.69) is 5.10 Å². The van der Waals surface area contributed by atoms with E-state index in [0.29, 0.717) is 5.88 Å². The summed E-state index contributed by atoms with van der Waals surface area (Å²) in [6.07, 6.45) is 1.91. The van der Waals surface area contributed by atoms with Gasteiger partial charge in [-0.3, -0.25) is 0 Å². The first kappa shape index (κ1) is 7.16. The second-order valence-corrected chi connectivity index (χ2v) is 2.66. The van der Waals surface area contributed by atoms with Crippen molar-refractivity contribution in [3.05, 3.63) is 30.0 Å². The Kier molecular flexibility index (Phi) is 1.50. The number of rotatable bonds is 1. The van der Waals surface area contributed by atoms with E-state index in [0.717, 1.165) is 11.1 Å². The van der Waals surface area contributed by atoms with Crippen LogP contribution in [0.4, 0.5) is 0 Å². The van der Waals surface area contributed by atoms with E-state index >= 15 is 0 Å². The molecule has 0 N–H and O–H groups in total. The third-order valence-corrected chi connectivity index (χ3v) is 1.94. The summed E-state index contributed by atoms with van der Waals surface area (Å²) in [7, 11) is 1.63. The molecule has 2 aromatic rings. The Morgan fingerprint density at radius 1 is 1.42 bits per heavy atom. The Balaban J connectivity index is 2.78. The maximum Gasteiger partial charge on any atom is 0.236 e. The number of fused-ring (bicyclic) bond motifs is 1. The lowest BCUT2D eigenvalue weighted by atomic mass is 10.3. The van der Waals surface area contributed by atoms with Crippen LogP contribution in [0.5, 0.6) is 5.88 Å². The van der Waals surface area contributed by atoms with Crippen LogP contribution < -0.4 is 4.74 Å². The minimum atomic E-state index is 0.696. The Labute approximate surface area is 70.6 Å². The number of hydrogen-bond donors (Lipinski definition) is 0. The van der Waals surface area contributed by atoms with Gasteiger partial charge >= 0.3 is 0 Å². The van der Waals surface area contributed by atoms with Crippen molar-refractivity contribution in [3.63, 3.8) is 0 Å². The summed E-state index contributed by atoms with van der Waals surface area (Å²) < 4.78 is 6.91. The molecule has 0 saturated heterocycles. The highest BCUT2D eigenvalue weighted by Crippen LogP contribution is 2.19. The zero-order valence-corrected chi connectivity index (χ0v) is 7.11. The minimum Gasteiger partial charge on any atom is -0.480 e. The largest absolute Gasteiger partial charge is 0.480 e. The number of pyridine rings is 1. The molecule has 0 aromatic carbocycles. The molecule has 0 unspecified atom stereocenters. The summed E-state index contributed by atoms with van der Waals surface area (Å²) in [5, 5.41) is 4.23. The maximum atomic E-state index is 5.10. The van der Waals surface area contributed by atoms with Crippen molar-refractivity contribution in [2.45, 2.75) is 6.92 Å². The third kappa shape index (κ3) is 0.863. The average molecular weight is 162 g/mol. The molecule has 0 radical (unpaired) electrons. The van der Waals surface area contributed by atoms with Gasteiger partial charge in [-0.25, -0.2) is 4.52 Å². The molecule has 0 saturated carbocycles. The first-order valence-electron chi connectivity index (χ1n) is 3.81. The molecule has 0 spiro atoms. The quantitative estimate of drug-likeness (QED) is 0.637. The van der Waals surface area contributed by atoms with Crippen LogP contribution in [-0.2, 0) is 0 Å². The molecule has 3 nitrogen and oxygen atoms in total. The third-order valence-electron chi connectivity index (χ3n) is 1.94. The summed E-state index contributed by atoms with van der Waals surface area (Å²) in [5.74, 6) is 0.696. The molecule has 0 aliphatic rings. The Hall–Kier alpha value is -1.51. The maximum absolute atomic E-state index is 5.10. The topological polar surface area (TPSA) is 26.5 Å². The number of aromatic nitrogens is 2. The number of nitrogens with zero attached hydrogens (tertiary/aromatic N) is 2. The molecule has 2 heterocycles. The van der Waals surface area contributed by atoms with Gasteiger partial charge in [0.2, 0.25) is 5.88 Å². The van der Waals surface area contributed by atoms with Gasteiger partial charge in [0, 0.05) is 11.8 Å². The van der Waals surface area contributed by atoms with Crippen LogP contribution in [0.3, 0.4) is 0 Å². The number of methoxy groups -OCH3 is 1. The Morgan fingerprint density at radius 2 is 2.25 bits per heavy atom. The fourth-order valence-corrected chi connectivity index (χ4v) is 1.29. The zero-order valence-electron chi connectivity index (χ0n) is 7.11. The number of ether oxygens (including phenoxy) is 1. The Morgan fingerprint density at radius 3 is 2.92 bits per heavy atom. The molecule has 0 amide bonds. The van der Waals surface area contributed by atoms with Crippen LogP contribution in [0.2, 0.25) is 0 Å². The SMILES string of the molecule is COc1nn2ccccc2c1C. The first-order valence-corrected chi connectivity index (χ1v) is 3.81. The normalized spacial score (nSPS) is 10.5. The summed E-state index contributed by atoms with van der Waals surface area (Å²) in [6.45, 7) is 2.00. The van der Waals surface area contributed by atoms with Gasteiger partial charge in [-0.15, -0.1) is 5.10 Å². The van der Waals surface area contributed by atoms with Crippen molar-refractivity contribution in [2.75, 3.05) is 7.11 Å². The molecule has 0 aliphatic carbocycles. The highest BCUT2D eigenvalue weighted by atomic mass is 16.5. The highest BCUT2D eigenvalue weighted by molar-refractivity contribution is 5.57. The van der Waals surface area contributed by atoms with Gasteiger partial charge in [-0.2, -0.15) is 0 Å². The van der Waals surface area contributed by atoms with Crippen molar-refractivity contribution in [3.8, 4) is 5.88 Å². The zero-order chi connectivity index (χ0) is 8.55. The van der Waals surface area contributed by atoms with Gasteiger partial charge in [0.15, 0.2) is 0 Å². The molecule has 0 aliphatic heterocycles. The monoisotopic (exact) mass is 162 g/mol. The van der Waals surface area contributed by atoms with E-state index in [1.807, 2.05) is 35.8 Å². The van der Waals surface area contributed by atoms with Crippen molar-refractivity contribution in [1.29, 1.82) is 0 Å². The molecule has 0 bridgehead atoms. The summed E-state index contributed by atoms with van der Waals surface area (Å²) >= 11 is 0. The van der Waals surface area contributed by atoms with Gasteiger partial charge in [0.1, 0.15) is 0 Å². The molecule has 2 aromatic heterocycles. The second kappa shape index (κ2) is 2.52. The second-order valence-electron chi connectivity index (χ2n) is 2.66. The van der Waals surface area contributed by atoms with Crippen molar-refractivity contribution >= 4 is 5.52 Å². The van der Waals surface area contributed by atoms with Crippen LogP contribution in [-0.4, -0.2) is 16.7 Å². The predicted molar refractivity (Wildman–Crippen MR) is 46.5 cm³/mol. The van der Waals surface area contributed by atoms with E-state index in [-0.39, 0.29) is 0 Å². The van der Waals surface area contributed by atoms with Crippen LogP contribution in [0.1, 0.15) is 5.56 Å². The summed E-state index contributed by atoms with van der Waals surface area (Å²) in [5.41, 5.74) is 2.17. The average Bonchev–Trinajstić information content (AvgIpc) is 2.44. The van der Waals surface area contributed by atoms with Crippen molar-refractivity contribution < 1.29 is 4.74 Å². The van der Waals surface area contributed by atoms with Gasteiger partial charge < -0.3 is 4.74 Å². The van der Waals surface area contributed by atoms with Crippen LogP contribution in [0.25, 0.3) is 5.52 Å². The molecule has 3 heteroatoms. The van der Waals surface area contributed by atoms with E-state index in [1.54, 1.807) is 7.11 Å². The van der Waals surface area contributed by atoms with Crippen LogP contribution in [0, 0.1) is 6.92 Å². The first-order chi connectivity index (χ1) is 5.83. The van der Waals surface area contributed by atoms with Gasteiger partial charge in [-0.1, -0.05) is 6.07 Å². The molecule has 62 valence electrons. The minimum absolute atomic E-state index is 0.696. The van der Waals surface area contributed by atoms with Gasteiger partial charge in [-0.05, 0) is 19.1 Å². The van der Waals surface area contributed by atoms with Crippen molar-refractivity contribution in [2.24, 2.45) is 0 Å². The molecule has 2 rings (SSSR count). The highest BCUT2D eigenvalue weighted by Gasteiger charge is 2.06. The van der Waals surface area contributed by atoms with E-state index in [1.165, 1.54) is 0 Å². The summed E-state index contributed by atoms with van der Waals surface area (Å²) in [4.78, 5) is 0. The molecular formula is C9H10N2O. The molecule has 0 fully saturated rings.